The van der Waals surface area contributed by atoms with Crippen molar-refractivity contribution in [3.63, 3.8) is 0 Å². The van der Waals surface area contributed by atoms with Gasteiger partial charge in [-0.3, -0.25) is 4.79 Å². The zero-order valence-corrected chi connectivity index (χ0v) is 26.4. The molecule has 5 aromatic heterocycles. The van der Waals surface area contributed by atoms with Crippen LogP contribution >= 0.6 is 0 Å². The van der Waals surface area contributed by atoms with Crippen molar-refractivity contribution in [2.75, 3.05) is 31.2 Å². The normalized spacial score (nSPS) is 14.2. The van der Waals surface area contributed by atoms with Crippen molar-refractivity contribution in [3.05, 3.63) is 103 Å². The quantitative estimate of drug-likeness (QED) is 0.222. The molecule has 0 bridgehead atoms. The third-order valence-electron chi connectivity index (χ3n) is 8.61. The highest BCUT2D eigenvalue weighted by Crippen LogP contribution is 2.27. The molecule has 6 heterocycles. The van der Waals surface area contributed by atoms with Crippen molar-refractivity contribution in [3.8, 4) is 28.5 Å². The Hall–Kier alpha value is -5.79. The van der Waals surface area contributed by atoms with Crippen LogP contribution in [0.25, 0.3) is 45.0 Å². The van der Waals surface area contributed by atoms with Gasteiger partial charge in [-0.1, -0.05) is 48.5 Å². The van der Waals surface area contributed by atoms with Gasteiger partial charge < -0.3 is 25.1 Å². The maximum Gasteiger partial charge on any atom is 0.325 e. The number of carbonyl (C=O) groups excluding carboxylic acids is 1. The second-order valence-electron chi connectivity index (χ2n) is 11.8. The number of aromatic amines is 1. The number of hydrogen-bond donors (Lipinski definition) is 2. The average Bonchev–Trinajstić information content (AvgIpc) is 3.94. The van der Waals surface area contributed by atoms with Gasteiger partial charge in [0.05, 0.1) is 18.9 Å². The van der Waals surface area contributed by atoms with Crippen LogP contribution in [-0.2, 0) is 27.4 Å². The molecule has 13 nitrogen and oxygen atoms in total. The molecule has 1 aliphatic heterocycles. The van der Waals surface area contributed by atoms with Gasteiger partial charge in [-0.25, -0.2) is 14.3 Å². The first-order chi connectivity index (χ1) is 23.5. The molecule has 2 aromatic carbocycles. The largest absolute Gasteiger partial charge is 0.441 e. The fourth-order valence-corrected chi connectivity index (χ4v) is 6.04. The number of aryl methyl sites for hydroxylation is 1. The summed E-state index contributed by atoms with van der Waals surface area (Å²) in [6.45, 7) is 4.54. The van der Waals surface area contributed by atoms with E-state index in [-0.39, 0.29) is 6.73 Å². The lowest BCUT2D eigenvalue weighted by Crippen LogP contribution is -2.37. The van der Waals surface area contributed by atoms with Gasteiger partial charge in [0.15, 0.2) is 18.2 Å². The van der Waals surface area contributed by atoms with E-state index in [0.29, 0.717) is 42.5 Å². The maximum atomic E-state index is 12.9. The second kappa shape index (κ2) is 12.4. The van der Waals surface area contributed by atoms with E-state index in [9.17, 15) is 4.79 Å². The van der Waals surface area contributed by atoms with Gasteiger partial charge in [0.25, 0.3) is 0 Å². The van der Waals surface area contributed by atoms with Gasteiger partial charge in [-0.05, 0) is 30.7 Å². The van der Waals surface area contributed by atoms with Gasteiger partial charge in [0.1, 0.15) is 23.2 Å². The number of H-pyrrole nitrogens is 1. The van der Waals surface area contributed by atoms with E-state index < -0.39 is 12.0 Å². The van der Waals surface area contributed by atoms with Crippen LogP contribution < -0.4 is 10.6 Å². The molecule has 0 radical (unpaired) electrons. The minimum atomic E-state index is -0.810. The average molecular weight is 643 g/mol. The van der Waals surface area contributed by atoms with E-state index in [2.05, 4.69) is 9.88 Å². The van der Waals surface area contributed by atoms with Crippen LogP contribution in [0.1, 0.15) is 11.3 Å². The Bertz CT molecular complexity index is 2230. The van der Waals surface area contributed by atoms with Gasteiger partial charge in [-0.2, -0.15) is 19.8 Å². The van der Waals surface area contributed by atoms with E-state index in [4.69, 9.17) is 35.5 Å². The summed E-state index contributed by atoms with van der Waals surface area (Å²) < 4.78 is 16.5. The first-order valence-corrected chi connectivity index (χ1v) is 15.9. The predicted molar refractivity (Wildman–Crippen MR) is 181 cm³/mol. The zero-order chi connectivity index (χ0) is 32.6. The van der Waals surface area contributed by atoms with Crippen molar-refractivity contribution < 1.29 is 14.3 Å². The molecule has 0 amide bonds. The molecule has 0 spiro atoms. The summed E-state index contributed by atoms with van der Waals surface area (Å²) in [5.74, 6) is 1.07. The molecule has 13 heteroatoms. The summed E-state index contributed by atoms with van der Waals surface area (Å²) >= 11 is 0. The summed E-state index contributed by atoms with van der Waals surface area (Å²) in [4.78, 5) is 23.3. The fourth-order valence-electron chi connectivity index (χ4n) is 6.04. The lowest BCUT2D eigenvalue weighted by Gasteiger charge is -2.29. The summed E-state index contributed by atoms with van der Waals surface area (Å²) in [6, 6.07) is 25.0. The number of morpholine rings is 1. The molecule has 48 heavy (non-hydrogen) atoms. The summed E-state index contributed by atoms with van der Waals surface area (Å²) in [7, 11) is 0. The Morgan fingerprint density at radius 1 is 0.958 bits per heavy atom. The van der Waals surface area contributed by atoms with Gasteiger partial charge >= 0.3 is 5.97 Å². The van der Waals surface area contributed by atoms with Gasteiger partial charge in [-0.15, -0.1) is 0 Å². The van der Waals surface area contributed by atoms with Crippen molar-refractivity contribution >= 4 is 28.3 Å². The van der Waals surface area contributed by atoms with Crippen molar-refractivity contribution in [1.29, 1.82) is 0 Å². The summed E-state index contributed by atoms with van der Waals surface area (Å²) in [5, 5.41) is 15.5. The number of para-hydroxylation sites is 1. The summed E-state index contributed by atoms with van der Waals surface area (Å²) in [6.07, 6.45) is 4.16. The third kappa shape index (κ3) is 5.69. The van der Waals surface area contributed by atoms with Crippen LogP contribution in [0.15, 0.2) is 91.3 Å². The molecular weight excluding hydrogens is 608 g/mol. The number of rotatable bonds is 9. The molecule has 1 fully saturated rings. The number of benzene rings is 2. The molecular formula is C35H34N10O3. The predicted octanol–water partition coefficient (Wildman–Crippen LogP) is 4.14. The van der Waals surface area contributed by atoms with Crippen LogP contribution in [0.4, 0.5) is 5.82 Å². The molecule has 242 valence electrons. The fraction of sp³-hybridized carbons (Fsp3) is 0.229. The molecule has 1 atom stereocenters. The van der Waals surface area contributed by atoms with Crippen LogP contribution in [-0.4, -0.2) is 77.5 Å². The van der Waals surface area contributed by atoms with Crippen LogP contribution in [0.3, 0.4) is 0 Å². The molecule has 0 unspecified atom stereocenters. The van der Waals surface area contributed by atoms with Gasteiger partial charge in [0, 0.05) is 66.2 Å². The summed E-state index contributed by atoms with van der Waals surface area (Å²) in [5.41, 5.74) is 12.9. The Kier molecular flexibility index (Phi) is 7.67. The Morgan fingerprint density at radius 2 is 1.75 bits per heavy atom. The first kappa shape index (κ1) is 29.6. The molecule has 7 aromatic rings. The number of nitrogens with two attached hydrogens (primary N) is 1. The number of nitrogens with one attached hydrogen (secondary N) is 1. The number of aromatic nitrogens is 8. The number of nitrogens with zero attached hydrogens (tertiary/aromatic N) is 8. The van der Waals surface area contributed by atoms with Crippen LogP contribution in [0.5, 0.6) is 0 Å². The highest BCUT2D eigenvalue weighted by molar-refractivity contribution is 5.84. The second-order valence-corrected chi connectivity index (χ2v) is 11.8. The van der Waals surface area contributed by atoms with E-state index in [0.717, 1.165) is 52.3 Å². The number of esters is 1. The molecule has 1 saturated heterocycles. The Morgan fingerprint density at radius 3 is 2.60 bits per heavy atom. The van der Waals surface area contributed by atoms with Crippen LogP contribution in [0.2, 0.25) is 0 Å². The number of fused-ring (bicyclic) bond motifs is 2. The highest BCUT2D eigenvalue weighted by Gasteiger charge is 2.22. The monoisotopic (exact) mass is 642 g/mol. The van der Waals surface area contributed by atoms with E-state index in [1.54, 1.807) is 9.36 Å². The number of anilines is 1. The lowest BCUT2D eigenvalue weighted by atomic mass is 10.1. The van der Waals surface area contributed by atoms with Crippen molar-refractivity contribution in [2.45, 2.75) is 26.1 Å². The number of hydrogen-bond acceptors (Lipinski definition) is 9. The van der Waals surface area contributed by atoms with E-state index in [1.165, 1.54) is 0 Å². The Labute approximate surface area is 275 Å². The van der Waals surface area contributed by atoms with Crippen LogP contribution in [0, 0.1) is 6.92 Å². The first-order valence-electron chi connectivity index (χ1n) is 15.9. The smallest absolute Gasteiger partial charge is 0.325 e. The minimum Gasteiger partial charge on any atom is -0.441 e. The van der Waals surface area contributed by atoms with Crippen molar-refractivity contribution in [2.24, 2.45) is 5.73 Å². The highest BCUT2D eigenvalue weighted by atomic mass is 16.5. The number of carbonyl (C=O) groups is 1. The lowest BCUT2D eigenvalue weighted by molar-refractivity contribution is -0.149. The topological polar surface area (TPSA) is 146 Å². The molecule has 8 rings (SSSR count). The van der Waals surface area contributed by atoms with Crippen molar-refractivity contribution in [1.82, 2.24) is 39.1 Å². The standard InChI is InChI=1S/C35H34N10O3/c1-23-17-30(40-44(23)22-48-35(46)27(36)18-25-21-37-29-10-6-5-9-26(25)29)31-19-33-38-32(20-34(45(33)41-31)42-13-15-47-16-14-42)43-12-11-28(39-43)24-7-3-2-4-8-24/h2-12,17,19-21,27,37H,13-16,18,22,36H2,1H3/t27-/m0/s1. The third-order valence-corrected chi connectivity index (χ3v) is 8.61. The molecule has 3 N–H and O–H groups in total. The molecule has 0 aliphatic carbocycles. The molecule has 0 saturated carbocycles. The number of ether oxygens (including phenoxy) is 2. The van der Waals surface area contributed by atoms with E-state index in [1.807, 2.05) is 103 Å². The zero-order valence-electron chi connectivity index (χ0n) is 26.4. The maximum absolute atomic E-state index is 12.9. The Balaban J connectivity index is 1.04. The molecule has 1 aliphatic rings. The van der Waals surface area contributed by atoms with E-state index >= 15 is 0 Å². The van der Waals surface area contributed by atoms with Gasteiger partial charge in [0.2, 0.25) is 0 Å². The minimum absolute atomic E-state index is 0.0654. The SMILES string of the molecule is Cc1cc(-c2cc3nc(-n4ccc(-c5ccccc5)n4)cc(N4CCOCC4)n3n2)nn1COC(=O)[C@@H](N)Cc1c[nH]c2ccccc12.